The fourth-order valence-corrected chi connectivity index (χ4v) is 1.72. The first-order chi connectivity index (χ1) is 8.88. The van der Waals surface area contributed by atoms with E-state index in [1.807, 2.05) is 30.3 Å². The summed E-state index contributed by atoms with van der Waals surface area (Å²) in [6.07, 6.45) is 1.87. The zero-order valence-corrected chi connectivity index (χ0v) is 10.5. The van der Waals surface area contributed by atoms with E-state index in [0.29, 0.717) is 0 Å². The van der Waals surface area contributed by atoms with Crippen molar-refractivity contribution in [3.05, 3.63) is 65.7 Å². The van der Waals surface area contributed by atoms with Gasteiger partial charge in [-0.25, -0.2) is 0 Å². The van der Waals surface area contributed by atoms with Crippen molar-refractivity contribution < 1.29 is 4.74 Å². The van der Waals surface area contributed by atoms with E-state index < -0.39 is 0 Å². The van der Waals surface area contributed by atoms with Crippen LogP contribution in [0.25, 0.3) is 0 Å². The summed E-state index contributed by atoms with van der Waals surface area (Å²) in [4.78, 5) is 0. The molecule has 90 valence electrons. The van der Waals surface area contributed by atoms with Gasteiger partial charge < -0.3 is 4.74 Å². The topological polar surface area (TPSA) is 9.23 Å². The van der Waals surface area contributed by atoms with Crippen LogP contribution in [0, 0.1) is 11.8 Å². The molecule has 0 aliphatic heterocycles. The lowest BCUT2D eigenvalue weighted by Crippen LogP contribution is -1.84. The fourth-order valence-electron chi connectivity index (χ4n) is 1.72. The molecular formula is C17H16O. The van der Waals surface area contributed by atoms with Crippen LogP contribution >= 0.6 is 0 Å². The highest BCUT2D eigenvalue weighted by Gasteiger charge is 1.91. The van der Waals surface area contributed by atoms with E-state index >= 15 is 0 Å². The summed E-state index contributed by atoms with van der Waals surface area (Å²) < 4.78 is 5.16. The van der Waals surface area contributed by atoms with Gasteiger partial charge in [-0.1, -0.05) is 48.2 Å². The Hall–Kier alpha value is -2.20. The molecule has 0 spiro atoms. The van der Waals surface area contributed by atoms with Crippen molar-refractivity contribution >= 4 is 0 Å². The smallest absolute Gasteiger partial charge is 0.120 e. The van der Waals surface area contributed by atoms with Gasteiger partial charge in [-0.05, 0) is 30.2 Å². The summed E-state index contributed by atoms with van der Waals surface area (Å²) in [5, 5.41) is 0. The Morgan fingerprint density at radius 3 is 2.61 bits per heavy atom. The van der Waals surface area contributed by atoms with E-state index in [1.165, 1.54) is 5.56 Å². The molecule has 0 aliphatic carbocycles. The van der Waals surface area contributed by atoms with E-state index in [-0.39, 0.29) is 0 Å². The molecule has 0 N–H and O–H groups in total. The summed E-state index contributed by atoms with van der Waals surface area (Å²) in [6.45, 7) is 0. The predicted octanol–water partition coefficient (Wildman–Crippen LogP) is 3.68. The van der Waals surface area contributed by atoms with Gasteiger partial charge in [0.25, 0.3) is 0 Å². The molecule has 0 unspecified atom stereocenters. The SMILES string of the molecule is COc1cccc(C#CCCc2ccccc2)c1. The van der Waals surface area contributed by atoms with Crippen molar-refractivity contribution in [3.8, 4) is 17.6 Å². The Bertz CT molecular complexity index is 547. The molecule has 1 nitrogen and oxygen atoms in total. The summed E-state index contributed by atoms with van der Waals surface area (Å²) >= 11 is 0. The minimum atomic E-state index is 0.852. The average molecular weight is 236 g/mol. The molecule has 2 aromatic rings. The molecule has 0 radical (unpaired) electrons. The lowest BCUT2D eigenvalue weighted by Gasteiger charge is -1.98. The molecule has 0 saturated heterocycles. The third-order valence-corrected chi connectivity index (χ3v) is 2.68. The minimum absolute atomic E-state index is 0.852. The van der Waals surface area contributed by atoms with Crippen LogP contribution < -0.4 is 4.74 Å². The lowest BCUT2D eigenvalue weighted by molar-refractivity contribution is 0.414. The molecule has 2 aromatic carbocycles. The van der Waals surface area contributed by atoms with Gasteiger partial charge in [0.2, 0.25) is 0 Å². The number of hydrogen-bond donors (Lipinski definition) is 0. The molecule has 1 heteroatoms. The van der Waals surface area contributed by atoms with Crippen LogP contribution in [0.3, 0.4) is 0 Å². The first-order valence-electron chi connectivity index (χ1n) is 6.05. The third-order valence-electron chi connectivity index (χ3n) is 2.68. The van der Waals surface area contributed by atoms with Crippen LogP contribution in [0.15, 0.2) is 54.6 Å². The second kappa shape index (κ2) is 6.51. The summed E-state index contributed by atoms with van der Waals surface area (Å²) in [5.41, 5.74) is 2.33. The maximum Gasteiger partial charge on any atom is 0.120 e. The number of ether oxygens (including phenoxy) is 1. The molecule has 0 fully saturated rings. The Labute approximate surface area is 108 Å². The van der Waals surface area contributed by atoms with Gasteiger partial charge in [0, 0.05) is 12.0 Å². The van der Waals surface area contributed by atoms with Gasteiger partial charge in [-0.3, -0.25) is 0 Å². The van der Waals surface area contributed by atoms with Crippen LogP contribution in [0.2, 0.25) is 0 Å². The standard InChI is InChI=1S/C17H16O/c1-18-17-13-7-12-16(14-17)11-6-5-10-15-8-3-2-4-9-15/h2-4,7-9,12-14H,5,10H2,1H3. The largest absolute Gasteiger partial charge is 0.497 e. The monoisotopic (exact) mass is 236 g/mol. The molecule has 0 atom stereocenters. The number of hydrogen-bond acceptors (Lipinski definition) is 1. The van der Waals surface area contributed by atoms with E-state index in [0.717, 1.165) is 24.2 Å². The predicted molar refractivity (Wildman–Crippen MR) is 74.6 cm³/mol. The fraction of sp³-hybridized carbons (Fsp3) is 0.176. The quantitative estimate of drug-likeness (QED) is 0.739. The highest BCUT2D eigenvalue weighted by Crippen LogP contribution is 2.11. The van der Waals surface area contributed by atoms with E-state index in [2.05, 4.69) is 36.1 Å². The molecule has 0 aliphatic rings. The second-order valence-electron chi connectivity index (χ2n) is 4.02. The van der Waals surface area contributed by atoms with Crippen LogP contribution in [-0.2, 0) is 6.42 Å². The zero-order valence-electron chi connectivity index (χ0n) is 10.5. The van der Waals surface area contributed by atoms with Crippen LogP contribution in [0.4, 0.5) is 0 Å². The highest BCUT2D eigenvalue weighted by molar-refractivity contribution is 5.39. The Morgan fingerprint density at radius 1 is 1.00 bits per heavy atom. The van der Waals surface area contributed by atoms with Gasteiger partial charge in [0.05, 0.1) is 7.11 Å². The Balaban J connectivity index is 1.92. The van der Waals surface area contributed by atoms with Gasteiger partial charge in [0.1, 0.15) is 5.75 Å². The molecule has 2 rings (SSSR count). The average Bonchev–Trinajstić information content (AvgIpc) is 2.45. The molecular weight excluding hydrogens is 220 g/mol. The highest BCUT2D eigenvalue weighted by atomic mass is 16.5. The number of rotatable bonds is 3. The number of benzene rings is 2. The minimum Gasteiger partial charge on any atom is -0.497 e. The van der Waals surface area contributed by atoms with E-state index in [9.17, 15) is 0 Å². The second-order valence-corrected chi connectivity index (χ2v) is 4.02. The van der Waals surface area contributed by atoms with Gasteiger partial charge >= 0.3 is 0 Å². The molecule has 0 aromatic heterocycles. The molecule has 0 saturated carbocycles. The summed E-state index contributed by atoms with van der Waals surface area (Å²) in [6, 6.07) is 18.3. The molecule has 0 heterocycles. The summed E-state index contributed by atoms with van der Waals surface area (Å²) in [5.74, 6) is 7.21. The van der Waals surface area contributed by atoms with Crippen molar-refractivity contribution in [1.82, 2.24) is 0 Å². The van der Waals surface area contributed by atoms with Gasteiger partial charge in [-0.15, -0.1) is 0 Å². The van der Waals surface area contributed by atoms with Crippen molar-refractivity contribution in [3.63, 3.8) is 0 Å². The zero-order chi connectivity index (χ0) is 12.6. The molecule has 0 bridgehead atoms. The Kier molecular flexibility index (Phi) is 4.44. The maximum atomic E-state index is 5.16. The van der Waals surface area contributed by atoms with Crippen LogP contribution in [-0.4, -0.2) is 7.11 Å². The number of aryl methyl sites for hydroxylation is 1. The van der Waals surface area contributed by atoms with Crippen LogP contribution in [0.5, 0.6) is 5.75 Å². The first kappa shape index (κ1) is 12.3. The number of methoxy groups -OCH3 is 1. The van der Waals surface area contributed by atoms with E-state index in [1.54, 1.807) is 7.11 Å². The van der Waals surface area contributed by atoms with Crippen molar-refractivity contribution in [1.29, 1.82) is 0 Å². The molecule has 18 heavy (non-hydrogen) atoms. The van der Waals surface area contributed by atoms with Gasteiger partial charge in [0.15, 0.2) is 0 Å². The van der Waals surface area contributed by atoms with Crippen molar-refractivity contribution in [2.24, 2.45) is 0 Å². The third kappa shape index (κ3) is 3.68. The normalized spacial score (nSPS) is 9.39. The Morgan fingerprint density at radius 2 is 1.83 bits per heavy atom. The first-order valence-corrected chi connectivity index (χ1v) is 6.05. The van der Waals surface area contributed by atoms with Gasteiger partial charge in [-0.2, -0.15) is 0 Å². The van der Waals surface area contributed by atoms with Crippen LogP contribution in [0.1, 0.15) is 17.5 Å². The molecule has 0 amide bonds. The maximum absolute atomic E-state index is 5.16. The lowest BCUT2D eigenvalue weighted by atomic mass is 10.1. The summed E-state index contributed by atoms with van der Waals surface area (Å²) in [7, 11) is 1.67. The van der Waals surface area contributed by atoms with E-state index in [4.69, 9.17) is 4.74 Å². The van der Waals surface area contributed by atoms with Crippen molar-refractivity contribution in [2.75, 3.05) is 7.11 Å². The van der Waals surface area contributed by atoms with Crippen molar-refractivity contribution in [2.45, 2.75) is 12.8 Å².